The van der Waals surface area contributed by atoms with Crippen molar-refractivity contribution in [2.24, 2.45) is 5.92 Å². The van der Waals surface area contributed by atoms with Crippen LogP contribution in [0.3, 0.4) is 0 Å². The van der Waals surface area contributed by atoms with E-state index in [1.54, 1.807) is 11.3 Å². The van der Waals surface area contributed by atoms with Crippen molar-refractivity contribution in [1.29, 1.82) is 0 Å². The van der Waals surface area contributed by atoms with Crippen LogP contribution in [0.15, 0.2) is 15.8 Å². The van der Waals surface area contributed by atoms with Gasteiger partial charge in [-0.3, -0.25) is 4.79 Å². The summed E-state index contributed by atoms with van der Waals surface area (Å²) < 4.78 is 0.814. The fourth-order valence-corrected chi connectivity index (χ4v) is 4.01. The molecule has 0 saturated carbocycles. The highest BCUT2D eigenvalue weighted by molar-refractivity contribution is 8.01. The fraction of sp³-hybridized carbons (Fsp3) is 0.500. The molecule has 2 rings (SSSR count). The number of thioether (sulfide) groups is 1. The first-order chi connectivity index (χ1) is 10.5. The largest absolute Gasteiger partial charge is 0.360 e. The highest BCUT2D eigenvalue weighted by atomic mass is 32.2. The molecule has 0 radical (unpaired) electrons. The Hall–Kier alpha value is -1.12. The molecule has 2 aromatic rings. The average Bonchev–Trinajstić information content (AvgIpc) is 3.09. The molecule has 1 amide bonds. The third-order valence-corrected chi connectivity index (χ3v) is 5.85. The van der Waals surface area contributed by atoms with Crippen LogP contribution in [0.1, 0.15) is 24.3 Å². The average molecular weight is 357 g/mol. The van der Waals surface area contributed by atoms with Crippen LogP contribution in [0.5, 0.6) is 0 Å². The number of nitrogens with zero attached hydrogens (tertiary/aromatic N) is 2. The number of nitrogens with one attached hydrogen (secondary N) is 2. The van der Waals surface area contributed by atoms with Gasteiger partial charge in [-0.05, 0) is 29.9 Å². The van der Waals surface area contributed by atoms with Crippen LogP contribution in [-0.2, 0) is 11.3 Å². The molecule has 0 bridgehead atoms. The van der Waals surface area contributed by atoms with Crippen LogP contribution >= 0.6 is 34.4 Å². The normalized spacial score (nSPS) is 10.9. The van der Waals surface area contributed by atoms with E-state index in [1.165, 1.54) is 33.5 Å². The van der Waals surface area contributed by atoms with Gasteiger partial charge in [0, 0.05) is 11.4 Å². The van der Waals surface area contributed by atoms with Gasteiger partial charge < -0.3 is 10.6 Å². The Morgan fingerprint density at radius 1 is 1.41 bits per heavy atom. The number of rotatable bonds is 8. The van der Waals surface area contributed by atoms with Gasteiger partial charge in [0.05, 0.1) is 12.3 Å². The molecule has 0 aliphatic heterocycles. The van der Waals surface area contributed by atoms with Crippen LogP contribution in [0, 0.1) is 12.8 Å². The van der Waals surface area contributed by atoms with Gasteiger partial charge in [-0.2, -0.15) is 0 Å². The number of amides is 1. The zero-order chi connectivity index (χ0) is 15.9. The molecule has 0 saturated heterocycles. The first-order valence-corrected chi connectivity index (χ1v) is 9.72. The molecule has 2 heterocycles. The maximum Gasteiger partial charge on any atom is 0.230 e. The molecule has 0 unspecified atom stereocenters. The molecule has 8 heteroatoms. The summed E-state index contributed by atoms with van der Waals surface area (Å²) in [4.78, 5) is 13.1. The molecular formula is C14H20N4OS3. The van der Waals surface area contributed by atoms with Gasteiger partial charge >= 0.3 is 0 Å². The second-order valence-electron chi connectivity index (χ2n) is 5.24. The third-order valence-electron chi connectivity index (χ3n) is 2.81. The second kappa shape index (κ2) is 8.50. The van der Waals surface area contributed by atoms with E-state index in [4.69, 9.17) is 0 Å². The summed E-state index contributed by atoms with van der Waals surface area (Å²) in [7, 11) is 0. The molecule has 0 spiro atoms. The van der Waals surface area contributed by atoms with Crippen molar-refractivity contribution in [2.75, 3.05) is 17.6 Å². The number of thiophene rings is 1. The molecule has 0 aliphatic rings. The van der Waals surface area contributed by atoms with Crippen LogP contribution in [0.4, 0.5) is 5.13 Å². The lowest BCUT2D eigenvalue weighted by Gasteiger charge is -2.04. The van der Waals surface area contributed by atoms with Gasteiger partial charge in [-0.15, -0.1) is 21.5 Å². The number of hydrogen-bond acceptors (Lipinski definition) is 7. The maximum atomic E-state index is 11.9. The minimum atomic E-state index is 0.0182. The molecule has 5 nitrogen and oxygen atoms in total. The standard InChI is InChI=1S/C14H20N4OS3/c1-9(2)6-16-13-17-18-14(22-13)21-8-12(19)15-7-11-10(3)4-5-20-11/h4-5,9H,6-8H2,1-3H3,(H,15,19)(H,16,17). The molecule has 0 fully saturated rings. The van der Waals surface area contributed by atoms with Gasteiger partial charge in [-0.1, -0.05) is 36.9 Å². The van der Waals surface area contributed by atoms with Crippen molar-refractivity contribution in [3.8, 4) is 0 Å². The SMILES string of the molecule is Cc1ccsc1CNC(=O)CSc1nnc(NCC(C)C)s1. The first kappa shape index (κ1) is 17.2. The van der Waals surface area contributed by atoms with Gasteiger partial charge in [0.2, 0.25) is 11.0 Å². The Morgan fingerprint density at radius 2 is 2.23 bits per heavy atom. The summed E-state index contributed by atoms with van der Waals surface area (Å²) in [6.07, 6.45) is 0. The molecule has 0 aliphatic carbocycles. The Morgan fingerprint density at radius 3 is 2.91 bits per heavy atom. The van der Waals surface area contributed by atoms with Crippen molar-refractivity contribution >= 4 is 45.5 Å². The fourth-order valence-electron chi connectivity index (χ4n) is 1.57. The zero-order valence-electron chi connectivity index (χ0n) is 12.9. The number of carbonyl (C=O) groups excluding carboxylic acids is 1. The monoisotopic (exact) mass is 356 g/mol. The highest BCUT2D eigenvalue weighted by Gasteiger charge is 2.09. The summed E-state index contributed by atoms with van der Waals surface area (Å²) in [6, 6.07) is 2.06. The molecular weight excluding hydrogens is 336 g/mol. The maximum absolute atomic E-state index is 11.9. The summed E-state index contributed by atoms with van der Waals surface area (Å²) in [5.41, 5.74) is 1.22. The van der Waals surface area contributed by atoms with E-state index in [9.17, 15) is 4.79 Å². The first-order valence-electron chi connectivity index (χ1n) is 7.04. The topological polar surface area (TPSA) is 66.9 Å². The lowest BCUT2D eigenvalue weighted by atomic mass is 10.2. The van der Waals surface area contributed by atoms with Crippen molar-refractivity contribution in [3.63, 3.8) is 0 Å². The predicted molar refractivity (Wildman–Crippen MR) is 94.9 cm³/mol. The summed E-state index contributed by atoms with van der Waals surface area (Å²) in [5, 5.41) is 17.2. The van der Waals surface area contributed by atoms with Crippen molar-refractivity contribution < 1.29 is 4.79 Å². The second-order valence-corrected chi connectivity index (χ2v) is 8.44. The van der Waals surface area contributed by atoms with Crippen molar-refractivity contribution in [2.45, 2.75) is 31.7 Å². The Labute approximate surface area is 142 Å². The zero-order valence-corrected chi connectivity index (χ0v) is 15.3. The minimum absolute atomic E-state index is 0.0182. The third kappa shape index (κ3) is 5.58. The Kier molecular flexibility index (Phi) is 6.66. The lowest BCUT2D eigenvalue weighted by molar-refractivity contribution is -0.118. The number of anilines is 1. The lowest BCUT2D eigenvalue weighted by Crippen LogP contribution is -2.24. The number of aryl methyl sites for hydroxylation is 1. The van der Waals surface area contributed by atoms with Crippen molar-refractivity contribution in [3.05, 3.63) is 21.9 Å². The van der Waals surface area contributed by atoms with Crippen molar-refractivity contribution in [1.82, 2.24) is 15.5 Å². The van der Waals surface area contributed by atoms with Gasteiger partial charge in [-0.25, -0.2) is 0 Å². The van der Waals surface area contributed by atoms with Crippen LogP contribution < -0.4 is 10.6 Å². The van der Waals surface area contributed by atoms with E-state index >= 15 is 0 Å². The van der Waals surface area contributed by atoms with E-state index in [-0.39, 0.29) is 5.91 Å². The number of hydrogen-bond donors (Lipinski definition) is 2. The van der Waals surface area contributed by atoms with Gasteiger partial charge in [0.25, 0.3) is 0 Å². The Balaban J connectivity index is 1.71. The smallest absolute Gasteiger partial charge is 0.230 e. The molecule has 0 aromatic carbocycles. The van der Waals surface area contributed by atoms with Crippen LogP contribution in [0.2, 0.25) is 0 Å². The summed E-state index contributed by atoms with van der Waals surface area (Å²) >= 11 is 4.58. The van der Waals surface area contributed by atoms with Crippen LogP contribution in [0.25, 0.3) is 0 Å². The van der Waals surface area contributed by atoms with E-state index in [1.807, 2.05) is 5.38 Å². The molecule has 2 N–H and O–H groups in total. The minimum Gasteiger partial charge on any atom is -0.360 e. The number of carbonyl (C=O) groups is 1. The molecule has 120 valence electrons. The highest BCUT2D eigenvalue weighted by Crippen LogP contribution is 2.25. The quantitative estimate of drug-likeness (QED) is 0.710. The molecule has 0 atom stereocenters. The van der Waals surface area contributed by atoms with E-state index in [2.05, 4.69) is 47.7 Å². The van der Waals surface area contributed by atoms with Crippen LogP contribution in [-0.4, -0.2) is 28.4 Å². The summed E-state index contributed by atoms with van der Waals surface area (Å²) in [5.74, 6) is 0.944. The van der Waals surface area contributed by atoms with E-state index < -0.39 is 0 Å². The summed E-state index contributed by atoms with van der Waals surface area (Å²) in [6.45, 7) is 7.81. The predicted octanol–water partition coefficient (Wildman–Crippen LogP) is 3.38. The molecule has 2 aromatic heterocycles. The van der Waals surface area contributed by atoms with Gasteiger partial charge in [0.15, 0.2) is 4.34 Å². The Bertz CT molecular complexity index is 609. The van der Waals surface area contributed by atoms with Gasteiger partial charge in [0.1, 0.15) is 0 Å². The van der Waals surface area contributed by atoms with E-state index in [0.29, 0.717) is 18.2 Å². The molecule has 22 heavy (non-hydrogen) atoms. The van der Waals surface area contributed by atoms with E-state index in [0.717, 1.165) is 16.0 Å². The number of aromatic nitrogens is 2.